The summed E-state index contributed by atoms with van der Waals surface area (Å²) >= 11 is 0. The Morgan fingerprint density at radius 2 is 1.53 bits per heavy atom. The summed E-state index contributed by atoms with van der Waals surface area (Å²) in [5.74, 6) is 2.36. The standard InChI is InChI=1S/C15H27FO/c1-11-2-4-12(5-3-11)6-7-13-8-9-15(17)14(16)10-13/h11-15,17H,2-10H2,1H3. The molecule has 0 aromatic heterocycles. The summed E-state index contributed by atoms with van der Waals surface area (Å²) in [6.07, 6.45) is 8.70. The topological polar surface area (TPSA) is 20.2 Å². The maximum absolute atomic E-state index is 13.4. The fourth-order valence-corrected chi connectivity index (χ4v) is 3.53. The van der Waals surface area contributed by atoms with Crippen molar-refractivity contribution in [3.05, 3.63) is 0 Å². The van der Waals surface area contributed by atoms with E-state index in [2.05, 4.69) is 6.92 Å². The second kappa shape index (κ2) is 6.17. The van der Waals surface area contributed by atoms with Crippen LogP contribution < -0.4 is 0 Å². The van der Waals surface area contributed by atoms with Gasteiger partial charge in [0.15, 0.2) is 0 Å². The minimum absolute atomic E-state index is 0.535. The van der Waals surface area contributed by atoms with E-state index >= 15 is 0 Å². The van der Waals surface area contributed by atoms with E-state index in [0.717, 1.165) is 18.3 Å². The highest BCUT2D eigenvalue weighted by Crippen LogP contribution is 2.35. The van der Waals surface area contributed by atoms with Crippen LogP contribution in [-0.2, 0) is 0 Å². The molecule has 17 heavy (non-hydrogen) atoms. The zero-order chi connectivity index (χ0) is 12.3. The molecule has 3 atom stereocenters. The molecule has 2 aliphatic rings. The maximum Gasteiger partial charge on any atom is 0.126 e. The van der Waals surface area contributed by atoms with Crippen molar-refractivity contribution < 1.29 is 9.50 Å². The largest absolute Gasteiger partial charge is 0.390 e. The molecule has 0 saturated heterocycles. The predicted octanol–water partition coefficient (Wildman–Crippen LogP) is 4.09. The van der Waals surface area contributed by atoms with Crippen LogP contribution in [-0.4, -0.2) is 17.4 Å². The number of alkyl halides is 1. The van der Waals surface area contributed by atoms with Gasteiger partial charge in [0, 0.05) is 0 Å². The lowest BCUT2D eigenvalue weighted by Crippen LogP contribution is -2.30. The summed E-state index contributed by atoms with van der Waals surface area (Å²) in [6.45, 7) is 2.35. The van der Waals surface area contributed by atoms with Gasteiger partial charge >= 0.3 is 0 Å². The van der Waals surface area contributed by atoms with E-state index in [9.17, 15) is 9.50 Å². The first kappa shape index (κ1) is 13.3. The Bertz CT molecular complexity index is 223. The molecular formula is C15H27FO. The van der Waals surface area contributed by atoms with Crippen LogP contribution in [0.2, 0.25) is 0 Å². The second-order valence-electron chi connectivity index (χ2n) is 6.47. The van der Waals surface area contributed by atoms with Crippen LogP contribution in [0.3, 0.4) is 0 Å². The molecule has 3 unspecified atom stereocenters. The van der Waals surface area contributed by atoms with Gasteiger partial charge in [-0.2, -0.15) is 0 Å². The average molecular weight is 242 g/mol. The Hall–Kier alpha value is -0.110. The van der Waals surface area contributed by atoms with Gasteiger partial charge in [0.05, 0.1) is 6.10 Å². The molecule has 100 valence electrons. The molecule has 0 bridgehead atoms. The monoisotopic (exact) mass is 242 g/mol. The molecule has 2 aliphatic carbocycles. The van der Waals surface area contributed by atoms with Gasteiger partial charge in [-0.1, -0.05) is 45.4 Å². The van der Waals surface area contributed by atoms with E-state index in [4.69, 9.17) is 0 Å². The highest BCUT2D eigenvalue weighted by atomic mass is 19.1. The van der Waals surface area contributed by atoms with Crippen molar-refractivity contribution in [1.82, 2.24) is 0 Å². The van der Waals surface area contributed by atoms with E-state index in [1.54, 1.807) is 0 Å². The Balaban J connectivity index is 1.65. The Kier molecular flexibility index (Phi) is 4.84. The SMILES string of the molecule is CC1CCC(CCC2CCC(O)C(F)C2)CC1. The number of hydrogen-bond acceptors (Lipinski definition) is 1. The van der Waals surface area contributed by atoms with Crippen molar-refractivity contribution in [3.8, 4) is 0 Å². The van der Waals surface area contributed by atoms with Gasteiger partial charge in [-0.15, -0.1) is 0 Å². The lowest BCUT2D eigenvalue weighted by atomic mass is 9.77. The Labute approximate surface area is 105 Å². The van der Waals surface area contributed by atoms with Crippen LogP contribution in [0.15, 0.2) is 0 Å². The number of hydrogen-bond donors (Lipinski definition) is 1. The molecule has 1 N–H and O–H groups in total. The van der Waals surface area contributed by atoms with Crippen molar-refractivity contribution in [2.45, 2.75) is 77.0 Å². The van der Waals surface area contributed by atoms with E-state index in [1.807, 2.05) is 0 Å². The summed E-state index contributed by atoms with van der Waals surface area (Å²) in [6, 6.07) is 0. The summed E-state index contributed by atoms with van der Waals surface area (Å²) in [4.78, 5) is 0. The number of aliphatic hydroxyl groups is 1. The van der Waals surface area contributed by atoms with Gasteiger partial charge in [-0.3, -0.25) is 0 Å². The molecule has 0 amide bonds. The van der Waals surface area contributed by atoms with Gasteiger partial charge < -0.3 is 5.11 Å². The smallest absolute Gasteiger partial charge is 0.126 e. The quantitative estimate of drug-likeness (QED) is 0.790. The van der Waals surface area contributed by atoms with Crippen LogP contribution in [0, 0.1) is 17.8 Å². The minimum atomic E-state index is -0.958. The molecule has 1 nitrogen and oxygen atoms in total. The third kappa shape index (κ3) is 3.94. The van der Waals surface area contributed by atoms with Crippen LogP contribution >= 0.6 is 0 Å². The summed E-state index contributed by atoms with van der Waals surface area (Å²) in [5, 5.41) is 9.37. The molecule has 0 heterocycles. The van der Waals surface area contributed by atoms with Crippen LogP contribution in [0.4, 0.5) is 4.39 Å². The first-order chi connectivity index (χ1) is 8.15. The summed E-state index contributed by atoms with van der Waals surface area (Å²) in [7, 11) is 0. The van der Waals surface area contributed by atoms with E-state index < -0.39 is 12.3 Å². The highest BCUT2D eigenvalue weighted by molar-refractivity contribution is 4.80. The van der Waals surface area contributed by atoms with E-state index in [-0.39, 0.29) is 0 Å². The molecule has 0 aliphatic heterocycles. The van der Waals surface area contributed by atoms with Crippen molar-refractivity contribution in [2.24, 2.45) is 17.8 Å². The second-order valence-corrected chi connectivity index (χ2v) is 6.47. The van der Waals surface area contributed by atoms with Gasteiger partial charge in [0.25, 0.3) is 0 Å². The number of aliphatic hydroxyl groups excluding tert-OH is 1. The average Bonchev–Trinajstić information content (AvgIpc) is 2.33. The van der Waals surface area contributed by atoms with Crippen molar-refractivity contribution in [3.63, 3.8) is 0 Å². The molecule has 2 rings (SSSR count). The third-order valence-corrected chi connectivity index (χ3v) is 4.97. The van der Waals surface area contributed by atoms with Crippen LogP contribution in [0.1, 0.15) is 64.7 Å². The zero-order valence-corrected chi connectivity index (χ0v) is 11.1. The van der Waals surface area contributed by atoms with Crippen LogP contribution in [0.25, 0.3) is 0 Å². The number of rotatable bonds is 3. The summed E-state index contributed by atoms with van der Waals surface area (Å²) in [5.41, 5.74) is 0. The van der Waals surface area contributed by atoms with Gasteiger partial charge in [0.2, 0.25) is 0 Å². The molecule has 0 aromatic rings. The van der Waals surface area contributed by atoms with Gasteiger partial charge in [-0.25, -0.2) is 4.39 Å². The number of halogens is 1. The van der Waals surface area contributed by atoms with Crippen LogP contribution in [0.5, 0.6) is 0 Å². The Morgan fingerprint density at radius 1 is 0.941 bits per heavy atom. The molecule has 2 saturated carbocycles. The van der Waals surface area contributed by atoms with Crippen molar-refractivity contribution in [2.75, 3.05) is 0 Å². The molecule has 0 aromatic carbocycles. The fraction of sp³-hybridized carbons (Fsp3) is 1.00. The molecular weight excluding hydrogens is 215 g/mol. The fourth-order valence-electron chi connectivity index (χ4n) is 3.53. The van der Waals surface area contributed by atoms with E-state index in [0.29, 0.717) is 18.8 Å². The zero-order valence-electron chi connectivity index (χ0n) is 11.1. The molecule has 0 spiro atoms. The van der Waals surface area contributed by atoms with Gasteiger partial charge in [-0.05, 0) is 37.0 Å². The first-order valence-corrected chi connectivity index (χ1v) is 7.47. The van der Waals surface area contributed by atoms with E-state index in [1.165, 1.54) is 38.5 Å². The Morgan fingerprint density at radius 3 is 2.18 bits per heavy atom. The molecule has 2 fully saturated rings. The molecule has 0 radical (unpaired) electrons. The third-order valence-electron chi connectivity index (χ3n) is 4.97. The minimum Gasteiger partial charge on any atom is -0.390 e. The summed E-state index contributed by atoms with van der Waals surface area (Å²) < 4.78 is 13.4. The lowest BCUT2D eigenvalue weighted by Gasteiger charge is -2.31. The normalized spacial score (nSPS) is 43.6. The van der Waals surface area contributed by atoms with Crippen molar-refractivity contribution >= 4 is 0 Å². The van der Waals surface area contributed by atoms with Crippen molar-refractivity contribution in [1.29, 1.82) is 0 Å². The maximum atomic E-state index is 13.4. The highest BCUT2D eigenvalue weighted by Gasteiger charge is 2.29. The molecule has 2 heteroatoms. The first-order valence-electron chi connectivity index (χ1n) is 7.47. The lowest BCUT2D eigenvalue weighted by molar-refractivity contribution is 0.0214. The predicted molar refractivity (Wildman–Crippen MR) is 68.6 cm³/mol. The van der Waals surface area contributed by atoms with Gasteiger partial charge in [0.1, 0.15) is 6.17 Å².